The van der Waals surface area contributed by atoms with E-state index in [4.69, 9.17) is 11.6 Å². The van der Waals surface area contributed by atoms with Gasteiger partial charge < -0.3 is 5.32 Å². The third-order valence-electron chi connectivity index (χ3n) is 2.79. The van der Waals surface area contributed by atoms with Gasteiger partial charge in [0.25, 0.3) is 0 Å². The molecular weight excluding hydrogens is 218 g/mol. The van der Waals surface area contributed by atoms with Gasteiger partial charge in [-0.1, -0.05) is 37.6 Å². The van der Waals surface area contributed by atoms with Gasteiger partial charge in [-0.2, -0.15) is 0 Å². The molecule has 16 heavy (non-hydrogen) atoms. The summed E-state index contributed by atoms with van der Waals surface area (Å²) < 4.78 is 0. The van der Waals surface area contributed by atoms with Crippen molar-refractivity contribution in [3.05, 3.63) is 34.9 Å². The van der Waals surface area contributed by atoms with Gasteiger partial charge in [0.15, 0.2) is 0 Å². The molecule has 1 rings (SSSR count). The van der Waals surface area contributed by atoms with Crippen LogP contribution >= 0.6 is 11.6 Å². The lowest BCUT2D eigenvalue weighted by Gasteiger charge is -2.22. The summed E-state index contributed by atoms with van der Waals surface area (Å²) in [7, 11) is 0. The smallest absolute Gasteiger partial charge is 0.0286 e. The molecular formula is C14H22ClN. The fourth-order valence-electron chi connectivity index (χ4n) is 1.57. The average Bonchev–Trinajstić information content (AvgIpc) is 2.23. The van der Waals surface area contributed by atoms with Crippen LogP contribution in [0.1, 0.15) is 30.5 Å². The number of aryl methyl sites for hydroxylation is 2. The van der Waals surface area contributed by atoms with Crippen LogP contribution in [0.25, 0.3) is 0 Å². The first-order valence-corrected chi connectivity index (χ1v) is 6.31. The molecule has 0 radical (unpaired) electrons. The monoisotopic (exact) mass is 239 g/mol. The SMILES string of the molecule is Cc1ccc(C)c(CNCC(C)(C)CCl)c1. The van der Waals surface area contributed by atoms with Gasteiger partial charge in [0.2, 0.25) is 0 Å². The quantitative estimate of drug-likeness (QED) is 0.774. The zero-order valence-corrected chi connectivity index (χ0v) is 11.5. The molecule has 0 unspecified atom stereocenters. The normalized spacial score (nSPS) is 11.8. The molecule has 0 aliphatic carbocycles. The number of hydrogen-bond donors (Lipinski definition) is 1. The Morgan fingerprint density at radius 2 is 1.94 bits per heavy atom. The molecule has 0 atom stereocenters. The van der Waals surface area contributed by atoms with E-state index in [0.717, 1.165) is 13.1 Å². The Balaban J connectivity index is 2.52. The van der Waals surface area contributed by atoms with Crippen LogP contribution in [0, 0.1) is 19.3 Å². The summed E-state index contributed by atoms with van der Waals surface area (Å²) in [4.78, 5) is 0. The van der Waals surface area contributed by atoms with Crippen molar-refractivity contribution in [1.82, 2.24) is 5.32 Å². The largest absolute Gasteiger partial charge is 0.312 e. The Kier molecular flexibility index (Phi) is 4.82. The standard InChI is InChI=1S/C14H22ClN/c1-11-5-6-12(2)13(7-11)8-16-10-14(3,4)9-15/h5-7,16H,8-10H2,1-4H3. The van der Waals surface area contributed by atoms with Crippen molar-refractivity contribution >= 4 is 11.6 Å². The van der Waals surface area contributed by atoms with Gasteiger partial charge in [-0.25, -0.2) is 0 Å². The number of rotatable bonds is 5. The van der Waals surface area contributed by atoms with Gasteiger partial charge in [0.05, 0.1) is 0 Å². The van der Waals surface area contributed by atoms with Crippen molar-refractivity contribution in [2.45, 2.75) is 34.2 Å². The second kappa shape index (κ2) is 5.70. The van der Waals surface area contributed by atoms with Gasteiger partial charge in [-0.15, -0.1) is 11.6 Å². The fourth-order valence-corrected chi connectivity index (χ4v) is 1.67. The van der Waals surface area contributed by atoms with E-state index < -0.39 is 0 Å². The predicted molar refractivity (Wildman–Crippen MR) is 72.1 cm³/mol. The number of alkyl halides is 1. The number of hydrogen-bond acceptors (Lipinski definition) is 1. The molecule has 1 nitrogen and oxygen atoms in total. The van der Waals surface area contributed by atoms with E-state index in [9.17, 15) is 0 Å². The minimum absolute atomic E-state index is 0.166. The Bertz CT molecular complexity index is 345. The average molecular weight is 240 g/mol. The molecule has 0 aliphatic heterocycles. The zero-order valence-electron chi connectivity index (χ0n) is 10.7. The summed E-state index contributed by atoms with van der Waals surface area (Å²) in [6, 6.07) is 6.58. The minimum Gasteiger partial charge on any atom is -0.312 e. The molecule has 0 aliphatic rings. The molecule has 90 valence electrons. The lowest BCUT2D eigenvalue weighted by atomic mass is 9.96. The summed E-state index contributed by atoms with van der Waals surface area (Å²) in [5.41, 5.74) is 4.21. The Hall–Kier alpha value is -0.530. The first kappa shape index (κ1) is 13.5. The highest BCUT2D eigenvalue weighted by Gasteiger charge is 2.15. The summed E-state index contributed by atoms with van der Waals surface area (Å²) >= 11 is 5.89. The highest BCUT2D eigenvalue weighted by molar-refractivity contribution is 6.18. The molecule has 0 amide bonds. The third kappa shape index (κ3) is 4.15. The predicted octanol–water partition coefficient (Wildman–Crippen LogP) is 3.66. The van der Waals surface area contributed by atoms with Crippen LogP contribution < -0.4 is 5.32 Å². The molecule has 0 fully saturated rings. The topological polar surface area (TPSA) is 12.0 Å². The first-order valence-electron chi connectivity index (χ1n) is 5.77. The van der Waals surface area contributed by atoms with E-state index in [0.29, 0.717) is 5.88 Å². The first-order chi connectivity index (χ1) is 7.44. The van der Waals surface area contributed by atoms with Crippen molar-refractivity contribution in [1.29, 1.82) is 0 Å². The maximum absolute atomic E-state index is 5.89. The molecule has 0 heterocycles. The summed E-state index contributed by atoms with van der Waals surface area (Å²) in [6.07, 6.45) is 0. The van der Waals surface area contributed by atoms with Crippen LogP contribution in [-0.4, -0.2) is 12.4 Å². The second-order valence-electron chi connectivity index (χ2n) is 5.33. The van der Waals surface area contributed by atoms with E-state index in [1.54, 1.807) is 0 Å². The Morgan fingerprint density at radius 3 is 2.56 bits per heavy atom. The van der Waals surface area contributed by atoms with Crippen molar-refractivity contribution in [2.75, 3.05) is 12.4 Å². The molecule has 0 bridgehead atoms. The maximum atomic E-state index is 5.89. The zero-order chi connectivity index (χ0) is 12.2. The molecule has 0 saturated heterocycles. The van der Waals surface area contributed by atoms with E-state index in [-0.39, 0.29) is 5.41 Å². The maximum Gasteiger partial charge on any atom is 0.0286 e. The van der Waals surface area contributed by atoms with Crippen molar-refractivity contribution in [2.24, 2.45) is 5.41 Å². The van der Waals surface area contributed by atoms with E-state index in [1.807, 2.05) is 0 Å². The van der Waals surface area contributed by atoms with Gasteiger partial charge in [-0.05, 0) is 30.4 Å². The van der Waals surface area contributed by atoms with Crippen molar-refractivity contribution in [3.8, 4) is 0 Å². The molecule has 0 aromatic heterocycles. The highest BCUT2D eigenvalue weighted by Crippen LogP contribution is 2.16. The molecule has 0 saturated carbocycles. The van der Waals surface area contributed by atoms with Gasteiger partial charge in [0, 0.05) is 19.0 Å². The molecule has 0 spiro atoms. The minimum atomic E-state index is 0.166. The lowest BCUT2D eigenvalue weighted by Crippen LogP contribution is -2.30. The van der Waals surface area contributed by atoms with E-state index in [1.165, 1.54) is 16.7 Å². The second-order valence-corrected chi connectivity index (χ2v) is 5.60. The number of benzene rings is 1. The number of halogens is 1. The van der Waals surface area contributed by atoms with Crippen LogP contribution in [0.2, 0.25) is 0 Å². The Labute approximate surface area is 104 Å². The molecule has 1 aromatic carbocycles. The molecule has 1 aromatic rings. The summed E-state index contributed by atoms with van der Waals surface area (Å²) in [5.74, 6) is 0.687. The van der Waals surface area contributed by atoms with Crippen LogP contribution in [0.15, 0.2) is 18.2 Å². The molecule has 1 N–H and O–H groups in total. The van der Waals surface area contributed by atoms with Crippen LogP contribution in [0.5, 0.6) is 0 Å². The van der Waals surface area contributed by atoms with Gasteiger partial charge in [0.1, 0.15) is 0 Å². The Morgan fingerprint density at radius 1 is 1.25 bits per heavy atom. The van der Waals surface area contributed by atoms with Crippen LogP contribution in [0.3, 0.4) is 0 Å². The van der Waals surface area contributed by atoms with Gasteiger partial charge >= 0.3 is 0 Å². The van der Waals surface area contributed by atoms with Crippen LogP contribution in [-0.2, 0) is 6.54 Å². The summed E-state index contributed by atoms with van der Waals surface area (Å²) in [5, 5.41) is 3.48. The van der Waals surface area contributed by atoms with E-state index >= 15 is 0 Å². The lowest BCUT2D eigenvalue weighted by molar-refractivity contribution is 0.385. The molecule has 2 heteroatoms. The van der Waals surface area contributed by atoms with Crippen molar-refractivity contribution < 1.29 is 0 Å². The fraction of sp³-hybridized carbons (Fsp3) is 0.571. The number of nitrogens with one attached hydrogen (secondary N) is 1. The third-order valence-corrected chi connectivity index (χ3v) is 3.51. The van der Waals surface area contributed by atoms with E-state index in [2.05, 4.69) is 51.2 Å². The highest BCUT2D eigenvalue weighted by atomic mass is 35.5. The van der Waals surface area contributed by atoms with Crippen molar-refractivity contribution in [3.63, 3.8) is 0 Å². The van der Waals surface area contributed by atoms with Gasteiger partial charge in [-0.3, -0.25) is 0 Å². The summed E-state index contributed by atoms with van der Waals surface area (Å²) in [6.45, 7) is 10.5. The van der Waals surface area contributed by atoms with Crippen LogP contribution in [0.4, 0.5) is 0 Å².